The number of nitrogens with two attached hydrogens (primary N) is 1. The molecule has 2 rings (SSSR count). The van der Waals surface area contributed by atoms with E-state index in [-0.39, 0.29) is 0 Å². The molecular weight excluding hydrogens is 318 g/mol. The number of halogens is 1. The zero-order valence-corrected chi connectivity index (χ0v) is 12.4. The van der Waals surface area contributed by atoms with Gasteiger partial charge in [0.1, 0.15) is 10.6 Å². The maximum absolute atomic E-state index is 11.6. The van der Waals surface area contributed by atoms with E-state index in [0.29, 0.717) is 21.0 Å². The SMILES string of the molecule is CCc1c(-c2ccc(Br)o2)sc(C(=O)OC)c1N. The van der Waals surface area contributed by atoms with Crippen LogP contribution in [0, 0.1) is 0 Å². The number of nitrogen functional groups attached to an aromatic ring is 1. The Bertz CT molecular complexity index is 588. The summed E-state index contributed by atoms with van der Waals surface area (Å²) in [5.74, 6) is 0.287. The highest BCUT2D eigenvalue weighted by Crippen LogP contribution is 2.40. The van der Waals surface area contributed by atoms with Crippen molar-refractivity contribution >= 4 is 38.9 Å². The Labute approximate surface area is 117 Å². The van der Waals surface area contributed by atoms with Crippen LogP contribution in [0.4, 0.5) is 5.69 Å². The topological polar surface area (TPSA) is 65.5 Å². The number of ether oxygens (including phenoxy) is 1. The molecule has 0 aliphatic heterocycles. The Hall–Kier alpha value is -1.27. The van der Waals surface area contributed by atoms with Gasteiger partial charge in [-0.1, -0.05) is 6.92 Å². The van der Waals surface area contributed by atoms with Crippen LogP contribution in [0.2, 0.25) is 0 Å². The highest BCUT2D eigenvalue weighted by molar-refractivity contribution is 9.10. The van der Waals surface area contributed by atoms with Crippen molar-refractivity contribution < 1.29 is 13.9 Å². The Morgan fingerprint density at radius 2 is 2.28 bits per heavy atom. The Morgan fingerprint density at radius 3 is 2.78 bits per heavy atom. The fraction of sp³-hybridized carbons (Fsp3) is 0.250. The minimum absolute atomic E-state index is 0.413. The lowest BCUT2D eigenvalue weighted by Gasteiger charge is -1.99. The van der Waals surface area contributed by atoms with Gasteiger partial charge in [0.25, 0.3) is 0 Å². The van der Waals surface area contributed by atoms with E-state index in [0.717, 1.165) is 16.9 Å². The summed E-state index contributed by atoms with van der Waals surface area (Å²) in [5.41, 5.74) is 7.39. The molecule has 0 fully saturated rings. The fourth-order valence-electron chi connectivity index (χ4n) is 1.71. The molecule has 96 valence electrons. The van der Waals surface area contributed by atoms with Crippen LogP contribution in [-0.4, -0.2) is 13.1 Å². The number of esters is 1. The van der Waals surface area contributed by atoms with Crippen LogP contribution in [0.15, 0.2) is 21.2 Å². The van der Waals surface area contributed by atoms with Crippen molar-refractivity contribution in [3.05, 3.63) is 27.2 Å². The van der Waals surface area contributed by atoms with Gasteiger partial charge in [-0.25, -0.2) is 4.79 Å². The zero-order chi connectivity index (χ0) is 13.3. The van der Waals surface area contributed by atoms with Crippen LogP contribution in [0.3, 0.4) is 0 Å². The minimum atomic E-state index is -0.413. The normalized spacial score (nSPS) is 10.6. The summed E-state index contributed by atoms with van der Waals surface area (Å²) in [6.07, 6.45) is 0.729. The molecule has 0 amide bonds. The molecule has 2 aromatic heterocycles. The molecule has 0 saturated heterocycles. The third-order valence-corrected chi connectivity index (χ3v) is 4.24. The lowest BCUT2D eigenvalue weighted by atomic mass is 10.1. The lowest BCUT2D eigenvalue weighted by molar-refractivity contribution is 0.0607. The Morgan fingerprint density at radius 1 is 1.56 bits per heavy atom. The minimum Gasteiger partial charge on any atom is -0.465 e. The smallest absolute Gasteiger partial charge is 0.350 e. The molecule has 0 aliphatic rings. The Balaban J connectivity index is 2.57. The lowest BCUT2D eigenvalue weighted by Crippen LogP contribution is -2.02. The largest absolute Gasteiger partial charge is 0.465 e. The van der Waals surface area contributed by atoms with Crippen LogP contribution in [0.5, 0.6) is 0 Å². The first kappa shape index (κ1) is 13.2. The summed E-state index contributed by atoms with van der Waals surface area (Å²) in [4.78, 5) is 12.9. The second kappa shape index (κ2) is 5.16. The number of furan rings is 1. The van der Waals surface area contributed by atoms with Crippen molar-refractivity contribution in [3.63, 3.8) is 0 Å². The van der Waals surface area contributed by atoms with E-state index in [1.165, 1.54) is 18.4 Å². The number of carbonyl (C=O) groups is 1. The van der Waals surface area contributed by atoms with E-state index < -0.39 is 5.97 Å². The van der Waals surface area contributed by atoms with Gasteiger partial charge < -0.3 is 14.9 Å². The average Bonchev–Trinajstić information content (AvgIpc) is 2.92. The van der Waals surface area contributed by atoms with Crippen LogP contribution in [0.1, 0.15) is 22.2 Å². The van der Waals surface area contributed by atoms with E-state index in [4.69, 9.17) is 14.9 Å². The van der Waals surface area contributed by atoms with Crippen molar-refractivity contribution in [2.75, 3.05) is 12.8 Å². The molecular formula is C12H12BrNO3S. The molecule has 4 nitrogen and oxygen atoms in total. The van der Waals surface area contributed by atoms with Crippen molar-refractivity contribution in [3.8, 4) is 10.6 Å². The van der Waals surface area contributed by atoms with Gasteiger partial charge in [-0.2, -0.15) is 0 Å². The molecule has 0 bridgehead atoms. The number of thiophene rings is 1. The molecule has 0 aliphatic carbocycles. The van der Waals surface area contributed by atoms with Gasteiger partial charge in [-0.3, -0.25) is 0 Å². The summed E-state index contributed by atoms with van der Waals surface area (Å²) < 4.78 is 10.9. The summed E-state index contributed by atoms with van der Waals surface area (Å²) in [5, 5.41) is 0. The number of rotatable bonds is 3. The number of hydrogen-bond acceptors (Lipinski definition) is 5. The van der Waals surface area contributed by atoms with Crippen molar-refractivity contribution in [2.45, 2.75) is 13.3 Å². The van der Waals surface area contributed by atoms with Crippen LogP contribution < -0.4 is 5.73 Å². The molecule has 18 heavy (non-hydrogen) atoms. The molecule has 0 radical (unpaired) electrons. The molecule has 0 atom stereocenters. The third-order valence-electron chi connectivity index (χ3n) is 2.57. The molecule has 2 N–H and O–H groups in total. The molecule has 0 saturated carbocycles. The van der Waals surface area contributed by atoms with Crippen molar-refractivity contribution in [1.29, 1.82) is 0 Å². The molecule has 0 unspecified atom stereocenters. The van der Waals surface area contributed by atoms with Crippen LogP contribution in [0.25, 0.3) is 10.6 Å². The Kier molecular flexibility index (Phi) is 3.77. The first-order valence-corrected chi connectivity index (χ1v) is 6.94. The van der Waals surface area contributed by atoms with Gasteiger partial charge in [0.05, 0.1) is 17.7 Å². The zero-order valence-electron chi connectivity index (χ0n) is 9.95. The molecule has 2 aromatic rings. The highest BCUT2D eigenvalue weighted by atomic mass is 79.9. The number of hydrogen-bond donors (Lipinski definition) is 1. The molecule has 6 heteroatoms. The van der Waals surface area contributed by atoms with Gasteiger partial charge in [0.15, 0.2) is 4.67 Å². The third kappa shape index (κ3) is 2.18. The van der Waals surface area contributed by atoms with E-state index >= 15 is 0 Å². The summed E-state index contributed by atoms with van der Waals surface area (Å²) in [7, 11) is 1.34. The van der Waals surface area contributed by atoms with Gasteiger partial charge in [0.2, 0.25) is 0 Å². The fourth-order valence-corrected chi connectivity index (χ4v) is 3.21. The van der Waals surface area contributed by atoms with Gasteiger partial charge in [-0.15, -0.1) is 11.3 Å². The van der Waals surface area contributed by atoms with E-state index in [9.17, 15) is 4.79 Å². The molecule has 0 aromatic carbocycles. The summed E-state index contributed by atoms with van der Waals surface area (Å²) in [6, 6.07) is 3.65. The highest BCUT2D eigenvalue weighted by Gasteiger charge is 2.22. The maximum atomic E-state index is 11.6. The second-order valence-electron chi connectivity index (χ2n) is 3.60. The van der Waals surface area contributed by atoms with Crippen LogP contribution >= 0.6 is 27.3 Å². The van der Waals surface area contributed by atoms with Gasteiger partial charge in [0, 0.05) is 0 Å². The van der Waals surface area contributed by atoms with Crippen molar-refractivity contribution in [2.24, 2.45) is 0 Å². The van der Waals surface area contributed by atoms with Crippen molar-refractivity contribution in [1.82, 2.24) is 0 Å². The average molecular weight is 330 g/mol. The number of anilines is 1. The first-order valence-electron chi connectivity index (χ1n) is 5.33. The van der Waals surface area contributed by atoms with E-state index in [1.54, 1.807) is 0 Å². The predicted octanol–water partition coefficient (Wildman–Crippen LogP) is 3.70. The quantitative estimate of drug-likeness (QED) is 0.872. The first-order chi connectivity index (χ1) is 8.58. The van der Waals surface area contributed by atoms with E-state index in [1.807, 2.05) is 19.1 Å². The predicted molar refractivity (Wildman–Crippen MR) is 74.9 cm³/mol. The van der Waals surface area contributed by atoms with Gasteiger partial charge in [-0.05, 0) is 40.0 Å². The summed E-state index contributed by atoms with van der Waals surface area (Å²) >= 11 is 4.55. The van der Waals surface area contributed by atoms with E-state index in [2.05, 4.69) is 15.9 Å². The monoisotopic (exact) mass is 329 g/mol. The second-order valence-corrected chi connectivity index (χ2v) is 5.40. The summed E-state index contributed by atoms with van der Waals surface area (Å²) in [6.45, 7) is 1.99. The number of carbonyl (C=O) groups excluding carboxylic acids is 1. The molecule has 0 spiro atoms. The standard InChI is InChI=1S/C12H12BrNO3S/c1-3-6-9(14)11(12(15)16-2)18-10(6)7-4-5-8(13)17-7/h4-5H,3,14H2,1-2H3. The van der Waals surface area contributed by atoms with Gasteiger partial charge >= 0.3 is 5.97 Å². The maximum Gasteiger partial charge on any atom is 0.350 e. The van der Waals surface area contributed by atoms with Crippen LogP contribution in [-0.2, 0) is 11.2 Å². The number of methoxy groups -OCH3 is 1. The molecule has 2 heterocycles.